The molecule has 1 heterocycles. The van der Waals surface area contributed by atoms with Gasteiger partial charge in [-0.05, 0) is 31.0 Å². The third-order valence-electron chi connectivity index (χ3n) is 3.66. The molecule has 0 atom stereocenters. The van der Waals surface area contributed by atoms with Crippen LogP contribution in [0.15, 0.2) is 51.4 Å². The van der Waals surface area contributed by atoms with Gasteiger partial charge in [-0.1, -0.05) is 46.3 Å². The number of nitrogens with zero attached hydrogens (tertiary/aromatic N) is 2. The maximum atomic E-state index is 10.2. The summed E-state index contributed by atoms with van der Waals surface area (Å²) in [6.07, 6.45) is 1.62. The average Bonchev–Trinajstić information content (AvgIpc) is 3.06. The van der Waals surface area contributed by atoms with Gasteiger partial charge in [0.15, 0.2) is 0 Å². The summed E-state index contributed by atoms with van der Waals surface area (Å²) in [6, 6.07) is 11.9. The average molecular weight is 402 g/mol. The van der Waals surface area contributed by atoms with E-state index in [2.05, 4.69) is 31.4 Å². The number of aromatic nitrogens is 1. The van der Waals surface area contributed by atoms with Crippen LogP contribution in [0.4, 0.5) is 5.13 Å². The molecule has 0 aliphatic heterocycles. The number of rotatable bonds is 4. The van der Waals surface area contributed by atoms with Crippen LogP contribution in [0.25, 0.3) is 11.3 Å². The van der Waals surface area contributed by atoms with E-state index >= 15 is 0 Å². The molecule has 0 saturated carbocycles. The van der Waals surface area contributed by atoms with E-state index < -0.39 is 0 Å². The van der Waals surface area contributed by atoms with E-state index in [9.17, 15) is 5.11 Å². The van der Waals surface area contributed by atoms with Gasteiger partial charge >= 0.3 is 0 Å². The number of hydrazone groups is 1. The molecule has 3 rings (SSSR count). The largest absolute Gasteiger partial charge is 0.507 e. The Bertz CT molecular complexity index is 865. The van der Waals surface area contributed by atoms with E-state index in [4.69, 9.17) is 0 Å². The topological polar surface area (TPSA) is 57.5 Å². The van der Waals surface area contributed by atoms with Crippen molar-refractivity contribution in [1.82, 2.24) is 4.98 Å². The molecule has 1 aromatic heterocycles. The van der Waals surface area contributed by atoms with Crippen molar-refractivity contribution < 1.29 is 5.11 Å². The van der Waals surface area contributed by atoms with Crippen molar-refractivity contribution in [2.75, 3.05) is 5.43 Å². The van der Waals surface area contributed by atoms with Crippen molar-refractivity contribution in [1.29, 1.82) is 0 Å². The summed E-state index contributed by atoms with van der Waals surface area (Å²) in [5, 5.41) is 17.1. The lowest BCUT2D eigenvalue weighted by Gasteiger charge is -2.08. The Labute approximate surface area is 153 Å². The van der Waals surface area contributed by atoms with Gasteiger partial charge < -0.3 is 5.11 Å². The van der Waals surface area contributed by atoms with Gasteiger partial charge in [-0.25, -0.2) is 4.98 Å². The smallest absolute Gasteiger partial charge is 0.203 e. The number of phenols is 1. The van der Waals surface area contributed by atoms with Gasteiger partial charge in [0.25, 0.3) is 0 Å². The van der Waals surface area contributed by atoms with Crippen molar-refractivity contribution in [3.8, 4) is 17.0 Å². The number of phenolic OH excluding ortho intramolecular Hbond substituents is 1. The number of aromatic hydroxyl groups is 1. The van der Waals surface area contributed by atoms with Gasteiger partial charge in [0.1, 0.15) is 5.75 Å². The van der Waals surface area contributed by atoms with E-state index in [1.54, 1.807) is 6.21 Å². The van der Waals surface area contributed by atoms with Gasteiger partial charge in [0.05, 0.1) is 11.9 Å². The van der Waals surface area contributed by atoms with E-state index in [0.29, 0.717) is 10.7 Å². The fourth-order valence-corrected chi connectivity index (χ4v) is 3.49. The third kappa shape index (κ3) is 3.49. The summed E-state index contributed by atoms with van der Waals surface area (Å²) in [4.78, 5) is 4.51. The minimum atomic E-state index is 0.241. The molecule has 24 heavy (non-hydrogen) atoms. The highest BCUT2D eigenvalue weighted by Gasteiger charge is 2.10. The Morgan fingerprint density at radius 2 is 2.00 bits per heavy atom. The van der Waals surface area contributed by atoms with Gasteiger partial charge in [-0.15, -0.1) is 11.3 Å². The van der Waals surface area contributed by atoms with Crippen LogP contribution in [0.1, 0.15) is 16.7 Å². The lowest BCUT2D eigenvalue weighted by Crippen LogP contribution is -1.95. The summed E-state index contributed by atoms with van der Waals surface area (Å²) in [5.74, 6) is 0.241. The lowest BCUT2D eigenvalue weighted by atomic mass is 10.0. The molecule has 0 aliphatic carbocycles. The van der Waals surface area contributed by atoms with Crippen LogP contribution in [-0.4, -0.2) is 16.3 Å². The van der Waals surface area contributed by atoms with Gasteiger partial charge in [0.2, 0.25) is 5.13 Å². The first kappa shape index (κ1) is 16.7. The molecule has 122 valence electrons. The maximum absolute atomic E-state index is 10.2. The van der Waals surface area contributed by atoms with Crippen LogP contribution in [0.2, 0.25) is 0 Å². The molecule has 4 nitrogen and oxygen atoms in total. The highest BCUT2D eigenvalue weighted by molar-refractivity contribution is 9.10. The number of hydrogen-bond acceptors (Lipinski definition) is 5. The summed E-state index contributed by atoms with van der Waals surface area (Å²) in [6.45, 7) is 3.79. The van der Waals surface area contributed by atoms with E-state index in [1.165, 1.54) is 11.3 Å². The predicted octanol–water partition coefficient (Wildman–Crippen LogP) is 5.34. The zero-order valence-electron chi connectivity index (χ0n) is 13.2. The first-order valence-electron chi connectivity index (χ1n) is 7.35. The number of nitrogens with one attached hydrogen (secondary N) is 1. The highest BCUT2D eigenvalue weighted by Crippen LogP contribution is 2.30. The maximum Gasteiger partial charge on any atom is 0.203 e. The molecule has 0 unspecified atom stereocenters. The van der Waals surface area contributed by atoms with Crippen LogP contribution < -0.4 is 5.43 Å². The normalized spacial score (nSPS) is 11.1. The number of halogens is 1. The van der Waals surface area contributed by atoms with Gasteiger partial charge in [-0.2, -0.15) is 5.10 Å². The Kier molecular flexibility index (Phi) is 4.97. The molecule has 0 spiro atoms. The second-order valence-electron chi connectivity index (χ2n) is 5.34. The molecule has 0 bridgehead atoms. The van der Waals surface area contributed by atoms with E-state index in [-0.39, 0.29) is 5.75 Å². The zero-order valence-corrected chi connectivity index (χ0v) is 15.6. The molecule has 0 amide bonds. The van der Waals surface area contributed by atoms with Crippen molar-refractivity contribution in [3.05, 3.63) is 62.9 Å². The Morgan fingerprint density at radius 3 is 2.75 bits per heavy atom. The minimum Gasteiger partial charge on any atom is -0.507 e. The van der Waals surface area contributed by atoms with E-state index in [1.807, 2.05) is 55.6 Å². The standard InChI is InChI=1S/C18H16BrN3OS/c1-11-8-15(19)12(2)14(17(11)23)9-20-22-18-21-16(10-24-18)13-6-4-3-5-7-13/h3-10,23H,1-2H3,(H,21,22). The Morgan fingerprint density at radius 1 is 1.25 bits per heavy atom. The molecule has 0 saturated heterocycles. The van der Waals surface area contributed by atoms with E-state index in [0.717, 1.165) is 26.9 Å². The quantitative estimate of drug-likeness (QED) is 0.458. The van der Waals surface area contributed by atoms with Crippen LogP contribution in [0.5, 0.6) is 5.75 Å². The SMILES string of the molecule is Cc1cc(Br)c(C)c(C=NNc2nc(-c3ccccc3)cs2)c1O. The minimum absolute atomic E-state index is 0.241. The summed E-state index contributed by atoms with van der Waals surface area (Å²) >= 11 is 4.98. The summed E-state index contributed by atoms with van der Waals surface area (Å²) in [5.41, 5.74) is 7.34. The van der Waals surface area contributed by atoms with Crippen LogP contribution in [0, 0.1) is 13.8 Å². The third-order valence-corrected chi connectivity index (χ3v) is 5.23. The lowest BCUT2D eigenvalue weighted by molar-refractivity contribution is 0.469. The molecule has 2 aromatic carbocycles. The first-order chi connectivity index (χ1) is 11.6. The number of benzene rings is 2. The Hall–Kier alpha value is -2.18. The van der Waals surface area contributed by atoms with Crippen molar-refractivity contribution in [2.24, 2.45) is 5.10 Å². The summed E-state index contributed by atoms with van der Waals surface area (Å²) < 4.78 is 0.944. The Balaban J connectivity index is 1.78. The van der Waals surface area contributed by atoms with Gasteiger partial charge in [-0.3, -0.25) is 5.43 Å². The number of thiazole rings is 1. The van der Waals surface area contributed by atoms with Crippen molar-refractivity contribution >= 4 is 38.6 Å². The molecule has 0 aliphatic rings. The molecule has 2 N–H and O–H groups in total. The molecule has 0 radical (unpaired) electrons. The fourth-order valence-electron chi connectivity index (χ4n) is 2.26. The number of anilines is 1. The second-order valence-corrected chi connectivity index (χ2v) is 7.05. The number of aryl methyl sites for hydroxylation is 1. The molecule has 0 fully saturated rings. The zero-order chi connectivity index (χ0) is 17.1. The molecule has 3 aromatic rings. The first-order valence-corrected chi connectivity index (χ1v) is 9.02. The number of hydrogen-bond donors (Lipinski definition) is 2. The van der Waals surface area contributed by atoms with Crippen molar-refractivity contribution in [3.63, 3.8) is 0 Å². The molecule has 6 heteroatoms. The summed E-state index contributed by atoms with van der Waals surface area (Å²) in [7, 11) is 0. The van der Waals surface area contributed by atoms with Gasteiger partial charge in [0, 0.05) is 21.0 Å². The molecular formula is C18H16BrN3OS. The van der Waals surface area contributed by atoms with Crippen molar-refractivity contribution in [2.45, 2.75) is 13.8 Å². The predicted molar refractivity (Wildman–Crippen MR) is 104 cm³/mol. The fraction of sp³-hybridized carbons (Fsp3) is 0.111. The molecular weight excluding hydrogens is 386 g/mol. The monoisotopic (exact) mass is 401 g/mol. The van der Waals surface area contributed by atoms with Crippen LogP contribution in [0.3, 0.4) is 0 Å². The van der Waals surface area contributed by atoms with Crippen LogP contribution in [-0.2, 0) is 0 Å². The van der Waals surface area contributed by atoms with Crippen LogP contribution >= 0.6 is 27.3 Å². The highest BCUT2D eigenvalue weighted by atomic mass is 79.9. The second kappa shape index (κ2) is 7.15.